The Kier molecular flexibility index (Phi) is 3.16. The van der Waals surface area contributed by atoms with Crippen LogP contribution in [0.15, 0.2) is 35.1 Å². The molecule has 0 aromatic carbocycles. The van der Waals surface area contributed by atoms with Gasteiger partial charge in [-0.25, -0.2) is 0 Å². The van der Waals surface area contributed by atoms with Crippen LogP contribution in [0.3, 0.4) is 0 Å². The Morgan fingerprint density at radius 2 is 2.12 bits per heavy atom. The van der Waals surface area contributed by atoms with Gasteiger partial charge in [-0.05, 0) is 73.5 Å². The number of ketones is 1. The van der Waals surface area contributed by atoms with Gasteiger partial charge < -0.3 is 14.9 Å². The van der Waals surface area contributed by atoms with E-state index in [-0.39, 0.29) is 40.7 Å². The van der Waals surface area contributed by atoms with Crippen LogP contribution < -0.4 is 0 Å². The van der Waals surface area contributed by atoms with E-state index in [1.807, 2.05) is 6.08 Å². The summed E-state index contributed by atoms with van der Waals surface area (Å²) in [6.07, 6.45) is 9.72. The number of aliphatic hydroxyl groups excluding tert-OH is 2. The molecule has 0 aromatic rings. The molecule has 3 saturated carbocycles. The number of epoxide rings is 1. The second-order valence-electron chi connectivity index (χ2n) is 9.54. The summed E-state index contributed by atoms with van der Waals surface area (Å²) in [4.78, 5) is 11.9. The Hall–Kier alpha value is -1.39. The molecule has 4 aliphatic carbocycles. The van der Waals surface area contributed by atoms with Gasteiger partial charge in [0, 0.05) is 5.41 Å². The first-order chi connectivity index (χ1) is 12.3. The highest BCUT2D eigenvalue weighted by molar-refractivity contribution is 6.01. The maximum Gasteiger partial charge on any atom is 0.178 e. The minimum Gasteiger partial charge on any atom is -0.510 e. The fourth-order valence-electron chi connectivity index (χ4n) is 7.50. The average Bonchev–Trinajstić information content (AvgIpc) is 3.24. The molecule has 1 aliphatic heterocycles. The molecule has 1 spiro atoms. The van der Waals surface area contributed by atoms with Crippen molar-refractivity contribution in [3.05, 3.63) is 35.1 Å². The van der Waals surface area contributed by atoms with Crippen LogP contribution in [0.1, 0.15) is 46.5 Å². The first kappa shape index (κ1) is 16.8. The minimum atomic E-state index is -0.279. The highest BCUT2D eigenvalue weighted by Crippen LogP contribution is 2.75. The van der Waals surface area contributed by atoms with Crippen LogP contribution in [-0.4, -0.2) is 34.3 Å². The van der Waals surface area contributed by atoms with Gasteiger partial charge in [0.1, 0.15) is 18.0 Å². The van der Waals surface area contributed by atoms with Crippen LogP contribution in [0.4, 0.5) is 0 Å². The highest BCUT2D eigenvalue weighted by atomic mass is 16.6. The SMILES string of the molecule is CC1CC2C3CCC4=CC(=O)C=CC4(C)C34OC4CC2(C)/C1=C(\O)CO. The molecule has 2 N–H and O–H groups in total. The van der Waals surface area contributed by atoms with Crippen molar-refractivity contribution in [1.82, 2.24) is 0 Å². The monoisotopic (exact) mass is 356 g/mol. The van der Waals surface area contributed by atoms with Crippen LogP contribution in [-0.2, 0) is 9.53 Å². The Morgan fingerprint density at radius 3 is 2.85 bits per heavy atom. The van der Waals surface area contributed by atoms with Crippen LogP contribution in [0, 0.1) is 28.6 Å². The van der Waals surface area contributed by atoms with Gasteiger partial charge in [-0.3, -0.25) is 4.79 Å². The third kappa shape index (κ3) is 1.71. The molecule has 140 valence electrons. The highest BCUT2D eigenvalue weighted by Gasteiger charge is 2.78. The quantitative estimate of drug-likeness (QED) is 0.557. The van der Waals surface area contributed by atoms with Crippen LogP contribution in [0.2, 0.25) is 0 Å². The summed E-state index contributed by atoms with van der Waals surface area (Å²) in [6.45, 7) is 6.41. The van der Waals surface area contributed by atoms with E-state index in [0.717, 1.165) is 31.3 Å². The van der Waals surface area contributed by atoms with Crippen molar-refractivity contribution in [2.75, 3.05) is 6.61 Å². The number of rotatable bonds is 1. The smallest absolute Gasteiger partial charge is 0.178 e. The zero-order chi connectivity index (χ0) is 18.5. The van der Waals surface area contributed by atoms with Gasteiger partial charge in [0.05, 0.1) is 6.10 Å². The molecule has 5 rings (SSSR count). The lowest BCUT2D eigenvalue weighted by atomic mass is 9.48. The number of ether oxygens (including phenoxy) is 1. The summed E-state index contributed by atoms with van der Waals surface area (Å²) < 4.78 is 6.51. The maximum atomic E-state index is 11.9. The minimum absolute atomic E-state index is 0.0951. The van der Waals surface area contributed by atoms with Gasteiger partial charge in [-0.15, -0.1) is 0 Å². The van der Waals surface area contributed by atoms with E-state index < -0.39 is 0 Å². The number of carbonyl (C=O) groups excluding carboxylic acids is 1. The maximum absolute atomic E-state index is 11.9. The Labute approximate surface area is 154 Å². The van der Waals surface area contributed by atoms with Crippen molar-refractivity contribution >= 4 is 5.78 Å². The van der Waals surface area contributed by atoms with Gasteiger partial charge in [0.15, 0.2) is 5.78 Å². The molecule has 7 unspecified atom stereocenters. The molecular weight excluding hydrogens is 328 g/mol. The molecule has 4 heteroatoms. The average molecular weight is 356 g/mol. The third-order valence-corrected chi connectivity index (χ3v) is 8.50. The van der Waals surface area contributed by atoms with Gasteiger partial charge in [-0.1, -0.05) is 25.5 Å². The van der Waals surface area contributed by atoms with Crippen molar-refractivity contribution in [1.29, 1.82) is 0 Å². The predicted octanol–water partition coefficient (Wildman–Crippen LogP) is 3.48. The van der Waals surface area contributed by atoms with Crippen molar-refractivity contribution in [3.63, 3.8) is 0 Å². The lowest BCUT2D eigenvalue weighted by Gasteiger charge is -2.53. The molecule has 0 aromatic heterocycles. The lowest BCUT2D eigenvalue weighted by Crippen LogP contribution is -2.56. The second kappa shape index (κ2) is 4.90. The van der Waals surface area contributed by atoms with E-state index in [2.05, 4.69) is 26.8 Å². The molecule has 1 heterocycles. The Bertz CT molecular complexity index is 792. The van der Waals surface area contributed by atoms with Crippen LogP contribution in [0.25, 0.3) is 0 Å². The van der Waals surface area contributed by atoms with E-state index in [1.54, 1.807) is 6.08 Å². The van der Waals surface area contributed by atoms with Crippen LogP contribution in [0.5, 0.6) is 0 Å². The number of fused-ring (bicyclic) bond motifs is 3. The predicted molar refractivity (Wildman–Crippen MR) is 97.4 cm³/mol. The number of carbonyl (C=O) groups is 1. The van der Waals surface area contributed by atoms with E-state index in [0.29, 0.717) is 17.8 Å². The van der Waals surface area contributed by atoms with Crippen molar-refractivity contribution in [2.45, 2.75) is 58.2 Å². The van der Waals surface area contributed by atoms with E-state index >= 15 is 0 Å². The first-order valence-corrected chi connectivity index (χ1v) is 9.93. The Balaban J connectivity index is 1.61. The normalized spacial score (nSPS) is 53.2. The van der Waals surface area contributed by atoms with Crippen molar-refractivity contribution in [2.24, 2.45) is 28.6 Å². The summed E-state index contributed by atoms with van der Waals surface area (Å²) in [5, 5.41) is 20.0. The zero-order valence-electron chi connectivity index (χ0n) is 15.8. The fraction of sp³-hybridized carbons (Fsp3) is 0.682. The molecule has 0 amide bonds. The standard InChI is InChI=1S/C22H28O4/c1-12-8-16-15-5-4-13-9-14(24)6-7-21(13,3)22(15)18(26-22)10-20(16,2)19(12)17(25)11-23/h6-7,9,12,15-16,18,23,25H,4-5,8,10-11H2,1-3H3/b19-17-. The van der Waals surface area contributed by atoms with Gasteiger partial charge in [0.25, 0.3) is 0 Å². The van der Waals surface area contributed by atoms with E-state index in [1.165, 1.54) is 5.57 Å². The number of hydrogen-bond donors (Lipinski definition) is 2. The van der Waals surface area contributed by atoms with Gasteiger partial charge in [0.2, 0.25) is 0 Å². The molecule has 0 radical (unpaired) electrons. The largest absolute Gasteiger partial charge is 0.510 e. The summed E-state index contributed by atoms with van der Waals surface area (Å²) in [5.74, 6) is 1.43. The van der Waals surface area contributed by atoms with E-state index in [9.17, 15) is 15.0 Å². The summed E-state index contributed by atoms with van der Waals surface area (Å²) in [7, 11) is 0. The molecule has 5 aliphatic rings. The number of allylic oxidation sites excluding steroid dienone is 3. The number of aliphatic hydroxyl groups is 2. The van der Waals surface area contributed by atoms with Crippen molar-refractivity contribution in [3.8, 4) is 0 Å². The summed E-state index contributed by atoms with van der Waals surface area (Å²) in [5.41, 5.74) is 1.79. The lowest BCUT2D eigenvalue weighted by molar-refractivity contribution is -0.111. The summed E-state index contributed by atoms with van der Waals surface area (Å²) >= 11 is 0. The van der Waals surface area contributed by atoms with Crippen molar-refractivity contribution < 1.29 is 19.7 Å². The molecule has 7 atom stereocenters. The molecular formula is C22H28O4. The van der Waals surface area contributed by atoms with Gasteiger partial charge in [-0.2, -0.15) is 0 Å². The molecule has 26 heavy (non-hydrogen) atoms. The fourth-order valence-corrected chi connectivity index (χ4v) is 7.50. The molecule has 0 bridgehead atoms. The van der Waals surface area contributed by atoms with Gasteiger partial charge >= 0.3 is 0 Å². The first-order valence-electron chi connectivity index (χ1n) is 9.93. The molecule has 1 saturated heterocycles. The molecule has 4 nitrogen and oxygen atoms in total. The topological polar surface area (TPSA) is 70.1 Å². The third-order valence-electron chi connectivity index (χ3n) is 8.50. The van der Waals surface area contributed by atoms with Crippen LogP contribution >= 0.6 is 0 Å². The Morgan fingerprint density at radius 1 is 1.35 bits per heavy atom. The second-order valence-corrected chi connectivity index (χ2v) is 9.54. The van der Waals surface area contributed by atoms with E-state index in [4.69, 9.17) is 4.74 Å². The number of hydrogen-bond acceptors (Lipinski definition) is 4. The zero-order valence-corrected chi connectivity index (χ0v) is 15.8. The molecule has 4 fully saturated rings. The summed E-state index contributed by atoms with van der Waals surface area (Å²) in [6, 6.07) is 0.